The molecule has 18 heavy (non-hydrogen) atoms. The van der Waals surface area contributed by atoms with Crippen LogP contribution < -0.4 is 5.32 Å². The third kappa shape index (κ3) is 2.66. The Morgan fingerprint density at radius 2 is 2.06 bits per heavy atom. The van der Waals surface area contributed by atoms with Crippen molar-refractivity contribution in [3.8, 4) is 10.4 Å². The normalized spacial score (nSPS) is 12.7. The highest BCUT2D eigenvalue weighted by Crippen LogP contribution is 2.35. The SMILES string of the molecule is CNC(C)c1ccc(-c2cc(Br)c(F)cc2C)s1. The molecule has 0 aliphatic heterocycles. The van der Waals surface area contributed by atoms with Gasteiger partial charge in [-0.2, -0.15) is 0 Å². The van der Waals surface area contributed by atoms with Gasteiger partial charge in [0.15, 0.2) is 0 Å². The second kappa shape index (κ2) is 5.51. The molecule has 0 bridgehead atoms. The summed E-state index contributed by atoms with van der Waals surface area (Å²) in [5.74, 6) is -0.211. The van der Waals surface area contributed by atoms with Gasteiger partial charge in [-0.05, 0) is 72.2 Å². The molecule has 0 aliphatic rings. The van der Waals surface area contributed by atoms with Crippen LogP contribution in [0.2, 0.25) is 0 Å². The van der Waals surface area contributed by atoms with Gasteiger partial charge in [-0.25, -0.2) is 4.39 Å². The van der Waals surface area contributed by atoms with Crippen molar-refractivity contribution in [1.82, 2.24) is 5.32 Å². The number of halogens is 2. The van der Waals surface area contributed by atoms with E-state index < -0.39 is 0 Å². The minimum Gasteiger partial charge on any atom is -0.313 e. The second-order valence-electron chi connectivity index (χ2n) is 4.29. The van der Waals surface area contributed by atoms with Crippen LogP contribution in [-0.2, 0) is 0 Å². The number of benzene rings is 1. The summed E-state index contributed by atoms with van der Waals surface area (Å²) >= 11 is 4.99. The maximum atomic E-state index is 13.4. The first-order valence-electron chi connectivity index (χ1n) is 5.76. The van der Waals surface area contributed by atoms with E-state index in [1.165, 1.54) is 9.75 Å². The molecule has 96 valence electrons. The minimum atomic E-state index is -0.211. The van der Waals surface area contributed by atoms with Gasteiger partial charge in [-0.1, -0.05) is 0 Å². The molecule has 1 heterocycles. The second-order valence-corrected chi connectivity index (χ2v) is 6.26. The number of aryl methyl sites for hydroxylation is 1. The topological polar surface area (TPSA) is 12.0 Å². The zero-order chi connectivity index (χ0) is 13.3. The lowest BCUT2D eigenvalue weighted by molar-refractivity contribution is 0.620. The zero-order valence-corrected chi connectivity index (χ0v) is 13.0. The van der Waals surface area contributed by atoms with Gasteiger partial charge in [0, 0.05) is 15.8 Å². The predicted octanol–water partition coefficient (Wildman–Crippen LogP) is 4.91. The van der Waals surface area contributed by atoms with Gasteiger partial charge in [0.25, 0.3) is 0 Å². The van der Waals surface area contributed by atoms with Gasteiger partial charge in [0.1, 0.15) is 5.82 Å². The number of thiophene rings is 1. The Morgan fingerprint density at radius 1 is 1.33 bits per heavy atom. The molecule has 1 nitrogen and oxygen atoms in total. The summed E-state index contributed by atoms with van der Waals surface area (Å²) in [4.78, 5) is 2.46. The summed E-state index contributed by atoms with van der Waals surface area (Å²) in [6, 6.07) is 7.98. The molecule has 0 saturated carbocycles. The van der Waals surface area contributed by atoms with Crippen LogP contribution in [0.25, 0.3) is 10.4 Å². The van der Waals surface area contributed by atoms with E-state index in [0.29, 0.717) is 10.5 Å². The number of hydrogen-bond donors (Lipinski definition) is 1. The fraction of sp³-hybridized carbons (Fsp3) is 0.286. The molecule has 0 spiro atoms. The molecule has 2 aromatic rings. The fourth-order valence-electron chi connectivity index (χ4n) is 1.78. The van der Waals surface area contributed by atoms with E-state index in [0.717, 1.165) is 11.1 Å². The summed E-state index contributed by atoms with van der Waals surface area (Å²) in [6.07, 6.45) is 0. The van der Waals surface area contributed by atoms with Crippen LogP contribution in [0.4, 0.5) is 4.39 Å². The molecule has 1 aromatic heterocycles. The summed E-state index contributed by atoms with van der Waals surface area (Å²) in [5.41, 5.74) is 2.05. The van der Waals surface area contributed by atoms with Crippen molar-refractivity contribution in [2.24, 2.45) is 0 Å². The van der Waals surface area contributed by atoms with Crippen molar-refractivity contribution in [2.75, 3.05) is 7.05 Å². The Balaban J connectivity index is 2.43. The molecule has 1 atom stereocenters. The number of hydrogen-bond acceptors (Lipinski definition) is 2. The smallest absolute Gasteiger partial charge is 0.137 e. The van der Waals surface area contributed by atoms with Gasteiger partial charge < -0.3 is 5.32 Å². The lowest BCUT2D eigenvalue weighted by atomic mass is 10.1. The van der Waals surface area contributed by atoms with E-state index in [1.54, 1.807) is 17.4 Å². The number of nitrogens with one attached hydrogen (secondary N) is 1. The average Bonchev–Trinajstić information content (AvgIpc) is 2.82. The molecule has 2 rings (SSSR count). The minimum absolute atomic E-state index is 0.211. The predicted molar refractivity (Wildman–Crippen MR) is 79.6 cm³/mol. The van der Waals surface area contributed by atoms with Crippen LogP contribution in [0.15, 0.2) is 28.7 Å². The maximum Gasteiger partial charge on any atom is 0.137 e. The quantitative estimate of drug-likeness (QED) is 0.844. The lowest BCUT2D eigenvalue weighted by Crippen LogP contribution is -2.10. The molecule has 1 N–H and O–H groups in total. The summed E-state index contributed by atoms with van der Waals surface area (Å²) in [5, 5.41) is 3.22. The molecule has 4 heteroatoms. The van der Waals surface area contributed by atoms with Gasteiger partial charge in [0.05, 0.1) is 4.47 Å². The Bertz CT molecular complexity index is 565. The van der Waals surface area contributed by atoms with Crippen molar-refractivity contribution in [3.63, 3.8) is 0 Å². The molecule has 0 radical (unpaired) electrons. The maximum absolute atomic E-state index is 13.4. The van der Waals surface area contributed by atoms with Crippen LogP contribution in [0.5, 0.6) is 0 Å². The van der Waals surface area contributed by atoms with E-state index in [1.807, 2.05) is 20.0 Å². The average molecular weight is 328 g/mol. The molecular weight excluding hydrogens is 313 g/mol. The van der Waals surface area contributed by atoms with Crippen LogP contribution in [0, 0.1) is 12.7 Å². The molecular formula is C14H15BrFNS. The monoisotopic (exact) mass is 327 g/mol. The van der Waals surface area contributed by atoms with Crippen LogP contribution in [-0.4, -0.2) is 7.05 Å². The Labute approximate surface area is 119 Å². The van der Waals surface area contributed by atoms with Crippen LogP contribution >= 0.6 is 27.3 Å². The first-order valence-corrected chi connectivity index (χ1v) is 7.37. The van der Waals surface area contributed by atoms with Gasteiger partial charge >= 0.3 is 0 Å². The van der Waals surface area contributed by atoms with E-state index in [2.05, 4.69) is 40.3 Å². The first-order chi connectivity index (χ1) is 8.52. The molecule has 1 aromatic carbocycles. The Kier molecular flexibility index (Phi) is 4.20. The molecule has 0 amide bonds. The van der Waals surface area contributed by atoms with E-state index >= 15 is 0 Å². The van der Waals surface area contributed by atoms with Crippen LogP contribution in [0.1, 0.15) is 23.4 Å². The highest BCUT2D eigenvalue weighted by Gasteiger charge is 2.11. The van der Waals surface area contributed by atoms with E-state index in [9.17, 15) is 4.39 Å². The van der Waals surface area contributed by atoms with Gasteiger partial charge in [-0.3, -0.25) is 0 Å². The van der Waals surface area contributed by atoms with Crippen molar-refractivity contribution >= 4 is 27.3 Å². The van der Waals surface area contributed by atoms with Gasteiger partial charge in [0.2, 0.25) is 0 Å². The van der Waals surface area contributed by atoms with Crippen molar-refractivity contribution in [3.05, 3.63) is 45.0 Å². The highest BCUT2D eigenvalue weighted by atomic mass is 79.9. The standard InChI is InChI=1S/C14H15BrFNS/c1-8-6-12(16)11(15)7-10(8)14-5-4-13(18-14)9(2)17-3/h4-7,9,17H,1-3H3. The zero-order valence-electron chi connectivity index (χ0n) is 10.6. The van der Waals surface area contributed by atoms with E-state index in [4.69, 9.17) is 0 Å². The molecule has 0 saturated heterocycles. The third-order valence-electron chi connectivity index (χ3n) is 3.02. The molecule has 0 aliphatic carbocycles. The Hall–Kier alpha value is -0.710. The van der Waals surface area contributed by atoms with Gasteiger partial charge in [-0.15, -0.1) is 11.3 Å². The largest absolute Gasteiger partial charge is 0.313 e. The third-order valence-corrected chi connectivity index (χ3v) is 4.93. The van der Waals surface area contributed by atoms with Crippen molar-refractivity contribution in [2.45, 2.75) is 19.9 Å². The summed E-state index contributed by atoms with van der Waals surface area (Å²) in [7, 11) is 1.95. The van der Waals surface area contributed by atoms with Crippen molar-refractivity contribution in [1.29, 1.82) is 0 Å². The fourth-order valence-corrected chi connectivity index (χ4v) is 3.28. The van der Waals surface area contributed by atoms with E-state index in [-0.39, 0.29) is 5.82 Å². The summed E-state index contributed by atoms with van der Waals surface area (Å²) in [6.45, 7) is 4.06. The first kappa shape index (κ1) is 13.7. The highest BCUT2D eigenvalue weighted by molar-refractivity contribution is 9.10. The molecule has 0 fully saturated rings. The van der Waals surface area contributed by atoms with Crippen LogP contribution in [0.3, 0.4) is 0 Å². The Morgan fingerprint density at radius 3 is 2.72 bits per heavy atom. The number of rotatable bonds is 3. The molecule has 1 unspecified atom stereocenters. The van der Waals surface area contributed by atoms with Crippen molar-refractivity contribution < 1.29 is 4.39 Å². The summed E-state index contributed by atoms with van der Waals surface area (Å²) < 4.78 is 13.9. The lowest BCUT2D eigenvalue weighted by Gasteiger charge is -2.07.